The number of carbonyl (C=O) groups excluding carboxylic acids is 1. The van der Waals surface area contributed by atoms with Gasteiger partial charge in [0.05, 0.1) is 0 Å². The van der Waals surface area contributed by atoms with Gasteiger partial charge in [-0.1, -0.05) is 20.8 Å². The Labute approximate surface area is 99.6 Å². The van der Waals surface area contributed by atoms with E-state index in [1.165, 1.54) is 6.42 Å². The Hall–Kier alpha value is -0.570. The minimum Gasteiger partial charge on any atom is -0.339 e. The van der Waals surface area contributed by atoms with Gasteiger partial charge in [-0.3, -0.25) is 4.79 Å². The van der Waals surface area contributed by atoms with Gasteiger partial charge < -0.3 is 10.2 Å². The Morgan fingerprint density at radius 2 is 2.06 bits per heavy atom. The fraction of sp³-hybridized carbons (Fsp3) is 0.923. The molecule has 0 saturated carbocycles. The molecule has 3 atom stereocenters. The van der Waals surface area contributed by atoms with E-state index >= 15 is 0 Å². The topological polar surface area (TPSA) is 32.3 Å². The summed E-state index contributed by atoms with van der Waals surface area (Å²) < 4.78 is 0. The molecule has 1 rings (SSSR count). The van der Waals surface area contributed by atoms with Crippen LogP contribution in [0.25, 0.3) is 0 Å². The molecule has 0 radical (unpaired) electrons. The number of hydrogen-bond donors (Lipinski definition) is 1. The molecule has 1 N–H and O–H groups in total. The molecule has 0 aromatic heterocycles. The standard InChI is InChI=1S/C13H26N2O/c1-5-14-7-6-13(16)15-9-10(2)8-11(3)12(15)4/h10-12,14H,5-9H2,1-4H3. The minimum absolute atomic E-state index is 0.312. The maximum absolute atomic E-state index is 12.1. The lowest BCUT2D eigenvalue weighted by molar-refractivity contribution is -0.136. The molecule has 1 heterocycles. The van der Waals surface area contributed by atoms with Gasteiger partial charge in [0.15, 0.2) is 0 Å². The largest absolute Gasteiger partial charge is 0.339 e. The zero-order valence-electron chi connectivity index (χ0n) is 11.1. The molecule has 1 saturated heterocycles. The van der Waals surface area contributed by atoms with Crippen LogP contribution < -0.4 is 5.32 Å². The third-order valence-corrected chi connectivity index (χ3v) is 3.68. The Balaban J connectivity index is 2.46. The van der Waals surface area contributed by atoms with Crippen molar-refractivity contribution in [2.45, 2.75) is 46.6 Å². The first kappa shape index (κ1) is 13.5. The normalized spacial score (nSPS) is 30.5. The molecule has 1 aliphatic rings. The minimum atomic E-state index is 0.312. The molecule has 0 aliphatic carbocycles. The quantitative estimate of drug-likeness (QED) is 0.742. The van der Waals surface area contributed by atoms with Crippen LogP contribution in [0, 0.1) is 11.8 Å². The van der Waals surface area contributed by atoms with Crippen molar-refractivity contribution in [1.29, 1.82) is 0 Å². The van der Waals surface area contributed by atoms with Crippen molar-refractivity contribution in [3.8, 4) is 0 Å². The van der Waals surface area contributed by atoms with Crippen LogP contribution in [-0.2, 0) is 4.79 Å². The van der Waals surface area contributed by atoms with E-state index < -0.39 is 0 Å². The van der Waals surface area contributed by atoms with E-state index in [0.717, 1.165) is 19.6 Å². The number of amides is 1. The average Bonchev–Trinajstić information content (AvgIpc) is 2.23. The highest BCUT2D eigenvalue weighted by atomic mass is 16.2. The van der Waals surface area contributed by atoms with Crippen molar-refractivity contribution >= 4 is 5.91 Å². The van der Waals surface area contributed by atoms with Gasteiger partial charge in [-0.2, -0.15) is 0 Å². The van der Waals surface area contributed by atoms with E-state index in [9.17, 15) is 4.79 Å². The molecule has 16 heavy (non-hydrogen) atoms. The molecule has 3 nitrogen and oxygen atoms in total. The van der Waals surface area contributed by atoms with E-state index in [2.05, 4.69) is 37.9 Å². The van der Waals surface area contributed by atoms with Crippen molar-refractivity contribution in [1.82, 2.24) is 10.2 Å². The van der Waals surface area contributed by atoms with E-state index in [1.54, 1.807) is 0 Å². The summed E-state index contributed by atoms with van der Waals surface area (Å²) in [6.07, 6.45) is 1.88. The molecule has 94 valence electrons. The second-order valence-electron chi connectivity index (χ2n) is 5.21. The lowest BCUT2D eigenvalue weighted by Gasteiger charge is -2.41. The van der Waals surface area contributed by atoms with E-state index in [1.807, 2.05) is 0 Å². The zero-order valence-corrected chi connectivity index (χ0v) is 11.1. The zero-order chi connectivity index (χ0) is 12.1. The molecule has 0 spiro atoms. The van der Waals surface area contributed by atoms with E-state index in [4.69, 9.17) is 0 Å². The number of rotatable bonds is 4. The van der Waals surface area contributed by atoms with Gasteiger partial charge in [0.1, 0.15) is 0 Å². The molecule has 3 heteroatoms. The second kappa shape index (κ2) is 6.24. The molecule has 1 aliphatic heterocycles. The highest BCUT2D eigenvalue weighted by Gasteiger charge is 2.31. The number of nitrogens with one attached hydrogen (secondary N) is 1. The predicted molar refractivity (Wildman–Crippen MR) is 67.3 cm³/mol. The third kappa shape index (κ3) is 3.48. The average molecular weight is 226 g/mol. The Morgan fingerprint density at radius 1 is 1.38 bits per heavy atom. The van der Waals surface area contributed by atoms with Crippen molar-refractivity contribution in [2.75, 3.05) is 19.6 Å². The molecular formula is C13H26N2O. The van der Waals surface area contributed by atoms with Crippen LogP contribution in [0.2, 0.25) is 0 Å². The van der Waals surface area contributed by atoms with Crippen LogP contribution in [0.5, 0.6) is 0 Å². The SMILES string of the molecule is CCNCCC(=O)N1CC(C)CC(C)C1C. The first-order valence-electron chi connectivity index (χ1n) is 6.56. The molecule has 0 aromatic rings. The van der Waals surface area contributed by atoms with Crippen LogP contribution in [0.1, 0.15) is 40.5 Å². The fourth-order valence-corrected chi connectivity index (χ4v) is 2.56. The highest BCUT2D eigenvalue weighted by Crippen LogP contribution is 2.27. The van der Waals surface area contributed by atoms with Crippen LogP contribution >= 0.6 is 0 Å². The summed E-state index contributed by atoms with van der Waals surface area (Å²) in [4.78, 5) is 14.1. The highest BCUT2D eigenvalue weighted by molar-refractivity contribution is 5.76. The summed E-state index contributed by atoms with van der Waals surface area (Å²) in [7, 11) is 0. The lowest BCUT2D eigenvalue weighted by atomic mass is 9.86. The third-order valence-electron chi connectivity index (χ3n) is 3.68. The van der Waals surface area contributed by atoms with E-state index in [0.29, 0.717) is 30.2 Å². The van der Waals surface area contributed by atoms with Crippen molar-refractivity contribution in [3.05, 3.63) is 0 Å². The second-order valence-corrected chi connectivity index (χ2v) is 5.21. The Kier molecular flexibility index (Phi) is 5.26. The smallest absolute Gasteiger partial charge is 0.224 e. The molecule has 0 aromatic carbocycles. The Morgan fingerprint density at radius 3 is 2.69 bits per heavy atom. The number of nitrogens with zero attached hydrogens (tertiary/aromatic N) is 1. The van der Waals surface area contributed by atoms with Crippen LogP contribution in [-0.4, -0.2) is 36.5 Å². The summed E-state index contributed by atoms with van der Waals surface area (Å²) in [6.45, 7) is 11.4. The first-order chi connectivity index (χ1) is 7.56. The van der Waals surface area contributed by atoms with Crippen molar-refractivity contribution < 1.29 is 4.79 Å². The van der Waals surface area contributed by atoms with Gasteiger partial charge in [0.2, 0.25) is 5.91 Å². The molecule has 0 bridgehead atoms. The monoisotopic (exact) mass is 226 g/mol. The Bertz CT molecular complexity index is 230. The summed E-state index contributed by atoms with van der Waals surface area (Å²) >= 11 is 0. The van der Waals surface area contributed by atoms with Crippen LogP contribution in [0.4, 0.5) is 0 Å². The number of piperidine rings is 1. The van der Waals surface area contributed by atoms with Crippen molar-refractivity contribution in [2.24, 2.45) is 11.8 Å². The van der Waals surface area contributed by atoms with Gasteiger partial charge in [0, 0.05) is 25.6 Å². The molecule has 1 fully saturated rings. The van der Waals surface area contributed by atoms with Gasteiger partial charge >= 0.3 is 0 Å². The lowest BCUT2D eigenvalue weighted by Crippen LogP contribution is -2.49. The van der Waals surface area contributed by atoms with E-state index in [-0.39, 0.29) is 0 Å². The van der Waals surface area contributed by atoms with Crippen molar-refractivity contribution in [3.63, 3.8) is 0 Å². The van der Waals surface area contributed by atoms with Crippen LogP contribution in [0.15, 0.2) is 0 Å². The molecule has 3 unspecified atom stereocenters. The van der Waals surface area contributed by atoms with Gasteiger partial charge in [0.25, 0.3) is 0 Å². The van der Waals surface area contributed by atoms with Crippen LogP contribution in [0.3, 0.4) is 0 Å². The number of carbonyl (C=O) groups is 1. The number of likely N-dealkylation sites (tertiary alicyclic amines) is 1. The number of hydrogen-bond acceptors (Lipinski definition) is 2. The van der Waals surface area contributed by atoms with Gasteiger partial charge in [-0.15, -0.1) is 0 Å². The van der Waals surface area contributed by atoms with Gasteiger partial charge in [-0.25, -0.2) is 0 Å². The summed E-state index contributed by atoms with van der Waals surface area (Å²) in [5, 5.41) is 3.21. The van der Waals surface area contributed by atoms with Gasteiger partial charge in [-0.05, 0) is 31.7 Å². The maximum Gasteiger partial charge on any atom is 0.224 e. The molecule has 1 amide bonds. The first-order valence-corrected chi connectivity index (χ1v) is 6.56. The molecular weight excluding hydrogens is 200 g/mol. The summed E-state index contributed by atoms with van der Waals surface area (Å²) in [5.74, 6) is 1.59. The maximum atomic E-state index is 12.1. The summed E-state index contributed by atoms with van der Waals surface area (Å²) in [6, 6.07) is 0.408. The predicted octanol–water partition coefficient (Wildman–Crippen LogP) is 1.88. The summed E-state index contributed by atoms with van der Waals surface area (Å²) in [5.41, 5.74) is 0. The fourth-order valence-electron chi connectivity index (χ4n) is 2.56.